The molecule has 0 radical (unpaired) electrons. The van der Waals surface area contributed by atoms with Gasteiger partial charge in [0.1, 0.15) is 6.61 Å². The molecule has 22 heavy (non-hydrogen) atoms. The maximum absolute atomic E-state index is 11.8. The van der Waals surface area contributed by atoms with Crippen molar-refractivity contribution in [1.82, 2.24) is 10.0 Å². The fourth-order valence-electron chi connectivity index (χ4n) is 1.84. The second-order valence-corrected chi connectivity index (χ2v) is 7.36. The molecule has 0 atom stereocenters. The van der Waals surface area contributed by atoms with Gasteiger partial charge in [-0.3, -0.25) is 4.79 Å². The lowest BCUT2D eigenvalue weighted by Gasteiger charge is -2.08. The average Bonchev–Trinajstić information content (AvgIpc) is 3.30. The van der Waals surface area contributed by atoms with E-state index in [2.05, 4.69) is 10.0 Å². The second-order valence-electron chi connectivity index (χ2n) is 5.43. The number of rotatable bonds is 10. The van der Waals surface area contributed by atoms with Crippen molar-refractivity contribution >= 4 is 15.9 Å². The first-order valence-corrected chi connectivity index (χ1v) is 9.06. The minimum Gasteiger partial charge on any atom is -0.371 e. The van der Waals surface area contributed by atoms with E-state index >= 15 is 0 Å². The summed E-state index contributed by atoms with van der Waals surface area (Å²) in [6.45, 7) is 0.940. The maximum Gasteiger partial charge on any atom is 0.246 e. The van der Waals surface area contributed by atoms with Gasteiger partial charge in [-0.25, -0.2) is 13.1 Å². The molecule has 0 aromatic heterocycles. The van der Waals surface area contributed by atoms with Gasteiger partial charge in [-0.15, -0.1) is 0 Å². The minimum atomic E-state index is -3.40. The molecule has 1 aromatic carbocycles. The molecule has 1 fully saturated rings. The van der Waals surface area contributed by atoms with Crippen molar-refractivity contribution in [2.45, 2.75) is 19.4 Å². The highest BCUT2D eigenvalue weighted by molar-refractivity contribution is 7.89. The zero-order chi connectivity index (χ0) is 15.8. The van der Waals surface area contributed by atoms with Crippen LogP contribution in [0.1, 0.15) is 18.4 Å². The van der Waals surface area contributed by atoms with Crippen LogP contribution in [-0.2, 0) is 26.1 Å². The average molecular weight is 326 g/mol. The van der Waals surface area contributed by atoms with Crippen molar-refractivity contribution in [1.29, 1.82) is 0 Å². The molecule has 0 saturated heterocycles. The quantitative estimate of drug-likeness (QED) is 0.661. The third-order valence-corrected chi connectivity index (χ3v) is 4.64. The van der Waals surface area contributed by atoms with Crippen LogP contribution in [-0.4, -0.2) is 39.8 Å². The molecular formula is C15H22N2O4S. The van der Waals surface area contributed by atoms with Crippen LogP contribution in [0, 0.1) is 5.92 Å². The molecular weight excluding hydrogens is 304 g/mol. The van der Waals surface area contributed by atoms with Crippen molar-refractivity contribution < 1.29 is 17.9 Å². The molecule has 1 amide bonds. The number of benzene rings is 1. The number of sulfonamides is 1. The Morgan fingerprint density at radius 1 is 1.23 bits per heavy atom. The van der Waals surface area contributed by atoms with Gasteiger partial charge in [0.25, 0.3) is 0 Å². The van der Waals surface area contributed by atoms with E-state index in [1.165, 1.54) is 12.8 Å². The summed E-state index contributed by atoms with van der Waals surface area (Å²) in [5.74, 6) is 0.183. The molecule has 1 aliphatic rings. The van der Waals surface area contributed by atoms with E-state index in [1.54, 1.807) is 0 Å². The number of ether oxygens (including phenoxy) is 1. The van der Waals surface area contributed by atoms with Gasteiger partial charge in [0, 0.05) is 13.1 Å². The molecule has 0 heterocycles. The Morgan fingerprint density at radius 3 is 2.64 bits per heavy atom. The predicted molar refractivity (Wildman–Crippen MR) is 83.6 cm³/mol. The van der Waals surface area contributed by atoms with Crippen LogP contribution in [0.2, 0.25) is 0 Å². The van der Waals surface area contributed by atoms with Crippen molar-refractivity contribution in [3.8, 4) is 0 Å². The van der Waals surface area contributed by atoms with E-state index in [9.17, 15) is 13.2 Å². The molecule has 6 nitrogen and oxygen atoms in total. The van der Waals surface area contributed by atoms with Crippen molar-refractivity contribution in [2.24, 2.45) is 5.92 Å². The largest absolute Gasteiger partial charge is 0.371 e. The first-order chi connectivity index (χ1) is 10.6. The molecule has 2 N–H and O–H groups in total. The highest BCUT2D eigenvalue weighted by Crippen LogP contribution is 2.28. The lowest BCUT2D eigenvalue weighted by molar-refractivity contribution is -0.125. The molecule has 122 valence electrons. The van der Waals surface area contributed by atoms with Gasteiger partial charge in [-0.1, -0.05) is 30.3 Å². The molecule has 0 bridgehead atoms. The number of hydrogen-bond acceptors (Lipinski definition) is 4. The monoisotopic (exact) mass is 326 g/mol. The summed E-state index contributed by atoms with van der Waals surface area (Å²) in [7, 11) is -3.40. The van der Waals surface area contributed by atoms with Gasteiger partial charge in [0.2, 0.25) is 15.9 Å². The lowest BCUT2D eigenvalue weighted by atomic mass is 10.2. The number of amides is 1. The SMILES string of the molecule is O=C(COCC1CC1)NCCS(=O)(=O)NCc1ccccc1. The highest BCUT2D eigenvalue weighted by atomic mass is 32.2. The third kappa shape index (κ3) is 7.02. The lowest BCUT2D eigenvalue weighted by Crippen LogP contribution is -2.35. The van der Waals surface area contributed by atoms with Crippen LogP contribution in [0.5, 0.6) is 0 Å². The van der Waals surface area contributed by atoms with Crippen molar-refractivity contribution in [2.75, 3.05) is 25.5 Å². The third-order valence-electron chi connectivity index (χ3n) is 3.32. The van der Waals surface area contributed by atoms with Crippen molar-refractivity contribution in [3.63, 3.8) is 0 Å². The Kier molecular flexibility index (Phi) is 6.35. The van der Waals surface area contributed by atoms with E-state index in [0.29, 0.717) is 12.5 Å². The highest BCUT2D eigenvalue weighted by Gasteiger charge is 2.21. The fourth-order valence-corrected chi connectivity index (χ4v) is 2.74. The molecule has 2 rings (SSSR count). The zero-order valence-electron chi connectivity index (χ0n) is 12.5. The van der Waals surface area contributed by atoms with Crippen LogP contribution >= 0.6 is 0 Å². The van der Waals surface area contributed by atoms with E-state index in [-0.39, 0.29) is 31.4 Å². The summed E-state index contributed by atoms with van der Waals surface area (Å²) in [4.78, 5) is 11.5. The first kappa shape index (κ1) is 16.9. The number of hydrogen-bond donors (Lipinski definition) is 2. The van der Waals surface area contributed by atoms with Crippen LogP contribution in [0.15, 0.2) is 30.3 Å². The van der Waals surface area contributed by atoms with Crippen LogP contribution in [0.3, 0.4) is 0 Å². The maximum atomic E-state index is 11.8. The number of carbonyl (C=O) groups is 1. The molecule has 0 unspecified atom stereocenters. The normalized spacial score (nSPS) is 14.7. The van der Waals surface area contributed by atoms with Gasteiger partial charge in [-0.2, -0.15) is 0 Å². The fraction of sp³-hybridized carbons (Fsp3) is 0.533. The summed E-state index contributed by atoms with van der Waals surface area (Å²) in [5, 5.41) is 2.55. The number of carbonyl (C=O) groups excluding carboxylic acids is 1. The summed E-state index contributed by atoms with van der Waals surface area (Å²) in [6, 6.07) is 9.28. The molecule has 7 heteroatoms. The second kappa shape index (κ2) is 8.26. The Hall–Kier alpha value is -1.44. The van der Waals surface area contributed by atoms with E-state index in [1.807, 2.05) is 30.3 Å². The van der Waals surface area contributed by atoms with Gasteiger partial charge in [0.15, 0.2) is 0 Å². The molecule has 1 saturated carbocycles. The van der Waals surface area contributed by atoms with Crippen LogP contribution in [0.4, 0.5) is 0 Å². The van der Waals surface area contributed by atoms with Crippen LogP contribution < -0.4 is 10.0 Å². The van der Waals surface area contributed by atoms with Crippen LogP contribution in [0.25, 0.3) is 0 Å². The molecule has 0 aliphatic heterocycles. The predicted octanol–water partition coefficient (Wildman–Crippen LogP) is 0.649. The Bertz CT molecular complexity index is 570. The summed E-state index contributed by atoms with van der Waals surface area (Å²) in [6.07, 6.45) is 2.35. The Balaban J connectivity index is 1.58. The summed E-state index contributed by atoms with van der Waals surface area (Å²) in [5.41, 5.74) is 0.892. The number of nitrogens with one attached hydrogen (secondary N) is 2. The zero-order valence-corrected chi connectivity index (χ0v) is 13.3. The first-order valence-electron chi connectivity index (χ1n) is 7.41. The molecule has 0 spiro atoms. The smallest absolute Gasteiger partial charge is 0.246 e. The van der Waals surface area contributed by atoms with Gasteiger partial charge in [0.05, 0.1) is 12.4 Å². The summed E-state index contributed by atoms with van der Waals surface area (Å²) < 4.78 is 31.3. The Labute approximate surface area is 131 Å². The van der Waals surface area contributed by atoms with E-state index in [4.69, 9.17) is 4.74 Å². The topological polar surface area (TPSA) is 84.5 Å². The van der Waals surface area contributed by atoms with Gasteiger partial charge >= 0.3 is 0 Å². The Morgan fingerprint density at radius 2 is 1.95 bits per heavy atom. The van der Waals surface area contributed by atoms with E-state index < -0.39 is 10.0 Å². The molecule has 1 aromatic rings. The standard InChI is InChI=1S/C15H22N2O4S/c18-15(12-21-11-14-6-7-14)16-8-9-22(19,20)17-10-13-4-2-1-3-5-13/h1-5,14,17H,6-12H2,(H,16,18). The van der Waals surface area contributed by atoms with E-state index in [0.717, 1.165) is 5.56 Å². The van der Waals surface area contributed by atoms with Gasteiger partial charge in [-0.05, 0) is 24.3 Å². The minimum absolute atomic E-state index is 0.00596. The van der Waals surface area contributed by atoms with Gasteiger partial charge < -0.3 is 10.1 Å². The van der Waals surface area contributed by atoms with Crippen molar-refractivity contribution in [3.05, 3.63) is 35.9 Å². The molecule has 1 aliphatic carbocycles. The summed E-state index contributed by atoms with van der Waals surface area (Å²) >= 11 is 0.